The molecule has 0 fully saturated rings. The summed E-state index contributed by atoms with van der Waals surface area (Å²) in [5.74, 6) is -0.604. The summed E-state index contributed by atoms with van der Waals surface area (Å²) < 4.78 is 40.2. The second-order valence-electron chi connectivity index (χ2n) is 4.00. The van der Waals surface area contributed by atoms with Crippen LogP contribution in [0.25, 0.3) is 0 Å². The molecule has 0 saturated carbocycles. The molecule has 7 heteroatoms. The van der Waals surface area contributed by atoms with E-state index in [0.717, 1.165) is 5.56 Å². The number of nitrogens with one attached hydrogen (secondary N) is 1. The summed E-state index contributed by atoms with van der Waals surface area (Å²) in [6, 6.07) is 5.77. The van der Waals surface area contributed by atoms with Crippen LogP contribution < -0.4 is 10.5 Å². The van der Waals surface area contributed by atoms with Gasteiger partial charge < -0.3 is 5.73 Å². The smallest absolute Gasteiger partial charge is 0.263 e. The maximum atomic E-state index is 13.7. The largest absolute Gasteiger partial charge is 0.326 e. The van der Waals surface area contributed by atoms with Crippen molar-refractivity contribution < 1.29 is 12.8 Å². The Hall–Kier alpha value is -1.44. The van der Waals surface area contributed by atoms with Crippen LogP contribution in [0.3, 0.4) is 0 Å². The molecule has 1 heterocycles. The number of benzene rings is 1. The van der Waals surface area contributed by atoms with Crippen molar-refractivity contribution in [3.63, 3.8) is 0 Å². The summed E-state index contributed by atoms with van der Waals surface area (Å²) in [6.45, 7) is 1.86. The van der Waals surface area contributed by atoms with Crippen LogP contribution in [0.15, 0.2) is 34.5 Å². The first-order chi connectivity index (χ1) is 8.94. The van der Waals surface area contributed by atoms with Crippen LogP contribution in [0, 0.1) is 12.7 Å². The molecule has 1 aromatic carbocycles. The highest BCUT2D eigenvalue weighted by atomic mass is 32.2. The summed E-state index contributed by atoms with van der Waals surface area (Å²) in [6.07, 6.45) is 0. The van der Waals surface area contributed by atoms with E-state index < -0.39 is 15.8 Å². The lowest BCUT2D eigenvalue weighted by molar-refractivity contribution is 0.598. The molecule has 0 saturated heterocycles. The van der Waals surface area contributed by atoms with Gasteiger partial charge in [0.15, 0.2) is 0 Å². The molecular weight excluding hydrogens is 287 g/mol. The highest BCUT2D eigenvalue weighted by molar-refractivity contribution is 7.93. The second kappa shape index (κ2) is 5.28. The van der Waals surface area contributed by atoms with Crippen molar-refractivity contribution in [1.29, 1.82) is 0 Å². The number of thiophene rings is 1. The van der Waals surface area contributed by atoms with Gasteiger partial charge >= 0.3 is 0 Å². The highest BCUT2D eigenvalue weighted by Gasteiger charge is 2.20. The number of anilines is 1. The average molecular weight is 300 g/mol. The van der Waals surface area contributed by atoms with Crippen molar-refractivity contribution >= 4 is 27.0 Å². The number of hydrogen-bond donors (Lipinski definition) is 2. The van der Waals surface area contributed by atoms with Crippen molar-refractivity contribution in [2.24, 2.45) is 5.73 Å². The quantitative estimate of drug-likeness (QED) is 0.911. The Morgan fingerprint density at radius 1 is 1.37 bits per heavy atom. The van der Waals surface area contributed by atoms with E-state index in [2.05, 4.69) is 4.72 Å². The van der Waals surface area contributed by atoms with Gasteiger partial charge in [-0.3, -0.25) is 4.72 Å². The van der Waals surface area contributed by atoms with Crippen molar-refractivity contribution in [3.05, 3.63) is 45.9 Å². The predicted octanol–water partition coefficient (Wildman–Crippen LogP) is 2.46. The van der Waals surface area contributed by atoms with Gasteiger partial charge in [-0.15, -0.1) is 11.3 Å². The first kappa shape index (κ1) is 14.0. The normalized spacial score (nSPS) is 11.5. The number of halogens is 1. The summed E-state index contributed by atoms with van der Waals surface area (Å²) in [5.41, 5.74) is 6.13. The third-order valence-corrected chi connectivity index (χ3v) is 5.07. The lowest BCUT2D eigenvalue weighted by atomic mass is 10.2. The topological polar surface area (TPSA) is 72.2 Å². The zero-order valence-corrected chi connectivity index (χ0v) is 11.8. The van der Waals surface area contributed by atoms with Gasteiger partial charge in [-0.1, -0.05) is 6.07 Å². The maximum Gasteiger partial charge on any atom is 0.263 e. The van der Waals surface area contributed by atoms with Gasteiger partial charge in [-0.25, -0.2) is 12.8 Å². The van der Waals surface area contributed by atoms with Gasteiger partial charge in [0, 0.05) is 11.4 Å². The maximum absolute atomic E-state index is 13.7. The van der Waals surface area contributed by atoms with Gasteiger partial charge in [0.2, 0.25) is 0 Å². The van der Waals surface area contributed by atoms with Gasteiger partial charge in [0.1, 0.15) is 10.7 Å². The molecule has 19 heavy (non-hydrogen) atoms. The van der Waals surface area contributed by atoms with E-state index in [1.165, 1.54) is 29.5 Å². The van der Waals surface area contributed by atoms with Gasteiger partial charge in [0.25, 0.3) is 10.0 Å². The van der Waals surface area contributed by atoms with E-state index in [0.29, 0.717) is 4.88 Å². The fourth-order valence-corrected chi connectivity index (χ4v) is 4.02. The monoisotopic (exact) mass is 300 g/mol. The second-order valence-corrected chi connectivity index (χ2v) is 6.65. The molecule has 0 atom stereocenters. The molecule has 0 spiro atoms. The van der Waals surface area contributed by atoms with Crippen LogP contribution in [0.2, 0.25) is 0 Å². The van der Waals surface area contributed by atoms with Crippen LogP contribution in [-0.4, -0.2) is 8.42 Å². The number of sulfonamides is 1. The predicted molar refractivity (Wildman–Crippen MR) is 74.2 cm³/mol. The standard InChI is InChI=1S/C12H13FN2O2S2/c1-8-2-3-10(9(13)6-8)15-19(16,17)12-4-5-18-11(12)7-14/h2-6,15H,7,14H2,1H3. The molecule has 3 N–H and O–H groups in total. The summed E-state index contributed by atoms with van der Waals surface area (Å²) in [7, 11) is -3.81. The van der Waals surface area contributed by atoms with Crippen LogP contribution in [-0.2, 0) is 16.6 Å². The van der Waals surface area contributed by atoms with Gasteiger partial charge in [-0.05, 0) is 36.1 Å². The van der Waals surface area contributed by atoms with Crippen molar-refractivity contribution in [2.45, 2.75) is 18.4 Å². The average Bonchev–Trinajstić information content (AvgIpc) is 2.82. The minimum atomic E-state index is -3.81. The zero-order chi connectivity index (χ0) is 14.0. The Morgan fingerprint density at radius 3 is 2.74 bits per heavy atom. The minimum Gasteiger partial charge on any atom is -0.326 e. The van der Waals surface area contributed by atoms with Crippen LogP contribution in [0.1, 0.15) is 10.4 Å². The molecule has 1 aromatic heterocycles. The number of aryl methyl sites for hydroxylation is 1. The number of nitrogens with two attached hydrogens (primary N) is 1. The third-order valence-electron chi connectivity index (χ3n) is 2.55. The molecule has 0 aliphatic heterocycles. The van der Waals surface area contributed by atoms with E-state index in [4.69, 9.17) is 5.73 Å². The fraction of sp³-hybridized carbons (Fsp3) is 0.167. The number of hydrogen-bond acceptors (Lipinski definition) is 4. The highest BCUT2D eigenvalue weighted by Crippen LogP contribution is 2.25. The Bertz CT molecular complexity index is 696. The van der Waals surface area contributed by atoms with Crippen LogP contribution in [0.4, 0.5) is 10.1 Å². The lowest BCUT2D eigenvalue weighted by Gasteiger charge is -2.09. The van der Waals surface area contributed by atoms with Crippen molar-refractivity contribution in [1.82, 2.24) is 0 Å². The first-order valence-electron chi connectivity index (χ1n) is 5.49. The Kier molecular flexibility index (Phi) is 3.88. The van der Waals surface area contributed by atoms with E-state index in [1.54, 1.807) is 18.4 Å². The van der Waals surface area contributed by atoms with E-state index in [1.807, 2.05) is 0 Å². The van der Waals surface area contributed by atoms with Crippen molar-refractivity contribution in [2.75, 3.05) is 4.72 Å². The molecule has 102 valence electrons. The van der Waals surface area contributed by atoms with E-state index in [9.17, 15) is 12.8 Å². The summed E-state index contributed by atoms with van der Waals surface area (Å²) in [4.78, 5) is 0.639. The summed E-state index contributed by atoms with van der Waals surface area (Å²) >= 11 is 1.26. The van der Waals surface area contributed by atoms with E-state index in [-0.39, 0.29) is 17.1 Å². The van der Waals surface area contributed by atoms with Crippen LogP contribution >= 0.6 is 11.3 Å². The molecule has 0 radical (unpaired) electrons. The van der Waals surface area contributed by atoms with Gasteiger partial charge in [-0.2, -0.15) is 0 Å². The SMILES string of the molecule is Cc1ccc(NS(=O)(=O)c2ccsc2CN)c(F)c1. The molecule has 0 unspecified atom stereocenters. The molecule has 0 amide bonds. The molecule has 2 rings (SSSR count). The Morgan fingerprint density at radius 2 is 2.11 bits per heavy atom. The fourth-order valence-electron chi connectivity index (χ4n) is 1.62. The van der Waals surface area contributed by atoms with E-state index >= 15 is 0 Å². The zero-order valence-electron chi connectivity index (χ0n) is 10.2. The minimum absolute atomic E-state index is 0.0697. The number of rotatable bonds is 4. The van der Waals surface area contributed by atoms with Gasteiger partial charge in [0.05, 0.1) is 5.69 Å². The summed E-state index contributed by atoms with van der Waals surface area (Å²) in [5, 5.41) is 1.64. The molecule has 4 nitrogen and oxygen atoms in total. The van der Waals surface area contributed by atoms with Crippen molar-refractivity contribution in [3.8, 4) is 0 Å². The Labute approximate surface area is 115 Å². The molecular formula is C12H13FN2O2S2. The van der Waals surface area contributed by atoms with Crippen LogP contribution in [0.5, 0.6) is 0 Å². The Balaban J connectivity index is 2.37. The molecule has 0 bridgehead atoms. The molecule has 2 aromatic rings. The third kappa shape index (κ3) is 2.94. The first-order valence-corrected chi connectivity index (χ1v) is 7.86. The molecule has 0 aliphatic rings. The lowest BCUT2D eigenvalue weighted by Crippen LogP contribution is -2.15. The molecule has 0 aliphatic carbocycles.